The van der Waals surface area contributed by atoms with E-state index in [0.29, 0.717) is 0 Å². The van der Waals surface area contributed by atoms with Gasteiger partial charge in [-0.15, -0.1) is 0 Å². The van der Waals surface area contributed by atoms with Gasteiger partial charge in [0.05, 0.1) is 22.1 Å². The number of benzene rings is 9. The molecule has 0 N–H and O–H groups in total. The molecular weight excluding hydrogens is 1240 g/mol. The van der Waals surface area contributed by atoms with Crippen molar-refractivity contribution in [3.8, 4) is 0 Å². The first-order chi connectivity index (χ1) is 47.5. The molecule has 5 aromatic heterocycles. The molecule has 0 saturated carbocycles. The van der Waals surface area contributed by atoms with Crippen LogP contribution in [0.1, 0.15) is 207 Å². The minimum absolute atomic E-state index is 0.746. The fourth-order valence-corrected chi connectivity index (χ4v) is 17.1. The van der Waals surface area contributed by atoms with E-state index >= 15 is 0 Å². The molecule has 8 heteroatoms. The van der Waals surface area contributed by atoms with Crippen LogP contribution in [0.5, 0.6) is 0 Å². The third-order valence-corrected chi connectivity index (χ3v) is 26.0. The van der Waals surface area contributed by atoms with Gasteiger partial charge in [0, 0.05) is 74.5 Å². The molecular formula is C94H115N7O. The first kappa shape index (κ1) is 75.8. The molecule has 0 spiro atoms. The smallest absolute Gasteiger partial charge is 0.192 e. The summed E-state index contributed by atoms with van der Waals surface area (Å²) in [6, 6.07) is 2.30. The minimum atomic E-state index is 0.746. The second kappa shape index (κ2) is 27.4. The van der Waals surface area contributed by atoms with Gasteiger partial charge in [-0.25, -0.2) is 24.9 Å². The lowest BCUT2D eigenvalue weighted by molar-refractivity contribution is 0.559. The van der Waals surface area contributed by atoms with Gasteiger partial charge in [0.1, 0.15) is 17.2 Å². The van der Waals surface area contributed by atoms with E-state index in [9.17, 15) is 0 Å². The number of hydrogen-bond donors (Lipinski definition) is 0. The Labute approximate surface area is 609 Å². The summed E-state index contributed by atoms with van der Waals surface area (Å²) in [4.78, 5) is 28.6. The molecule has 9 aromatic carbocycles. The van der Waals surface area contributed by atoms with E-state index in [1.54, 1.807) is 0 Å². The van der Waals surface area contributed by atoms with Crippen LogP contribution < -0.4 is 0 Å². The molecule has 0 fully saturated rings. The SMILES string of the molecule is Cc1c(C)c(C)c2c(cc(C)n2C)c1C.Cc1c(C)c(C)c2c(nc(C)c3c(C)c(C)c(C)c(C)c32)c1C.Cc1nc(C)c2c(C)c(C)c3c(C)c(C)c(C)c(C)c3c2n1.Cc1nc(C)c2c(n1)c1c(C)c(C)c(C)c(C)c1c1c(C)c(C)c(C)c(C)c21.Cc1nc2c(C)c(C)c(C)c(C)c2o1. The van der Waals surface area contributed by atoms with Gasteiger partial charge in [0.2, 0.25) is 0 Å². The highest BCUT2D eigenvalue weighted by molar-refractivity contribution is 6.28. The predicted molar refractivity (Wildman–Crippen MR) is 443 cm³/mol. The van der Waals surface area contributed by atoms with Crippen molar-refractivity contribution in [2.24, 2.45) is 7.05 Å². The fourth-order valence-electron chi connectivity index (χ4n) is 17.1. The summed E-state index contributed by atoms with van der Waals surface area (Å²) in [7, 11) is 2.15. The Morgan fingerprint density at radius 3 is 0.961 bits per heavy atom. The van der Waals surface area contributed by atoms with Gasteiger partial charge in [-0.2, -0.15) is 0 Å². The van der Waals surface area contributed by atoms with Crippen molar-refractivity contribution in [3.63, 3.8) is 0 Å². The van der Waals surface area contributed by atoms with E-state index in [1.165, 1.54) is 248 Å². The summed E-state index contributed by atoms with van der Waals surface area (Å²) in [5.41, 5.74) is 52.5. The molecule has 0 saturated heterocycles. The number of aryl methyl sites for hydroxylation is 24. The van der Waals surface area contributed by atoms with Crippen molar-refractivity contribution in [1.82, 2.24) is 34.5 Å². The van der Waals surface area contributed by atoms with Gasteiger partial charge in [-0.1, -0.05) is 0 Å². The number of hydrogen-bond acceptors (Lipinski definition) is 7. The molecule has 14 rings (SSSR count). The highest BCUT2D eigenvalue weighted by Crippen LogP contribution is 2.46. The van der Waals surface area contributed by atoms with E-state index < -0.39 is 0 Å². The zero-order valence-electron chi connectivity index (χ0n) is 69.6. The van der Waals surface area contributed by atoms with Crippen LogP contribution in [0, 0.1) is 256 Å². The number of fused-ring (bicyclic) bond motifs is 14. The van der Waals surface area contributed by atoms with E-state index in [4.69, 9.17) is 24.4 Å². The van der Waals surface area contributed by atoms with Crippen LogP contribution in [0.4, 0.5) is 0 Å². The average Bonchev–Trinajstić information content (AvgIpc) is 0.944. The molecule has 14 aromatic rings. The topological polar surface area (TPSA) is 95.4 Å². The van der Waals surface area contributed by atoms with Crippen molar-refractivity contribution in [2.45, 2.75) is 256 Å². The van der Waals surface area contributed by atoms with Crippen LogP contribution in [-0.4, -0.2) is 34.5 Å². The third kappa shape index (κ3) is 11.7. The largest absolute Gasteiger partial charge is 0.441 e. The molecule has 0 aliphatic carbocycles. The standard InChI is InChI=1S/C26H30N2.C22H27N.C20H24N2.C14H19N.C12H15NO/c1-11-12(2)17(7)23-21(15(11)5)22-16(6)13(3)14(4)18(8)24(22)26-25(23)19(9)27-20(10)28-26;1-10-11(2)15(6)20-19(14(10)5)18(9)23-22-17(8)13(4)12(3)16(7)21(20)22;1-9-10(2)12(4)19-17(11(9)3)13(5)14(6)18-15(7)21-16(8)22-20(18)19;1-8-7-13-11(4)9(2)10(3)12(5)14(13)15(8)6;1-6-7(2)9(4)12-11(8(6)3)13-10(5)14-12/h1-10H3;1-9H3;1-8H3;7H,1-6H3;1-5H3. The molecule has 532 valence electrons. The number of aromatic nitrogens is 7. The summed E-state index contributed by atoms with van der Waals surface area (Å²) in [6.45, 7) is 81.2. The Balaban J connectivity index is 0.000000140. The zero-order chi connectivity index (χ0) is 76.0. The quantitative estimate of drug-likeness (QED) is 0.140. The molecule has 8 nitrogen and oxygen atoms in total. The molecule has 0 unspecified atom stereocenters. The predicted octanol–water partition coefficient (Wildman–Crippen LogP) is 25.5. The monoisotopic (exact) mass is 1360 g/mol. The molecule has 5 heterocycles. The average molecular weight is 1360 g/mol. The Morgan fingerprint density at radius 2 is 0.500 bits per heavy atom. The Bertz CT molecular complexity index is 5950. The molecule has 0 aliphatic heterocycles. The van der Waals surface area contributed by atoms with Crippen LogP contribution >= 0.6 is 0 Å². The summed E-state index contributed by atoms with van der Waals surface area (Å²) < 4.78 is 7.90. The fraction of sp³-hybridized carbons (Fsp3) is 0.404. The molecule has 0 radical (unpaired) electrons. The van der Waals surface area contributed by atoms with Crippen molar-refractivity contribution >= 4 is 97.8 Å². The second-order valence-corrected chi connectivity index (χ2v) is 30.8. The van der Waals surface area contributed by atoms with Crippen LogP contribution in [0.15, 0.2) is 10.5 Å². The molecule has 0 aliphatic rings. The maximum absolute atomic E-state index is 5.60. The number of pyridine rings is 1. The maximum atomic E-state index is 5.60. The Kier molecular flexibility index (Phi) is 20.3. The number of rotatable bonds is 0. The maximum Gasteiger partial charge on any atom is 0.192 e. The van der Waals surface area contributed by atoms with Gasteiger partial charge < -0.3 is 8.98 Å². The molecule has 0 amide bonds. The van der Waals surface area contributed by atoms with Crippen LogP contribution in [-0.2, 0) is 7.05 Å². The summed E-state index contributed by atoms with van der Waals surface area (Å²) in [5.74, 6) is 2.44. The van der Waals surface area contributed by atoms with Crippen molar-refractivity contribution < 1.29 is 4.42 Å². The molecule has 102 heavy (non-hydrogen) atoms. The number of oxazole rings is 1. The van der Waals surface area contributed by atoms with E-state index in [1.807, 2.05) is 20.8 Å². The van der Waals surface area contributed by atoms with Crippen LogP contribution in [0.3, 0.4) is 0 Å². The van der Waals surface area contributed by atoms with Crippen LogP contribution in [0.25, 0.3) is 97.8 Å². The summed E-state index contributed by atoms with van der Waals surface area (Å²) in [6.07, 6.45) is 0. The van der Waals surface area contributed by atoms with E-state index in [0.717, 1.165) is 56.8 Å². The Hall–Kier alpha value is -8.88. The first-order valence-electron chi connectivity index (χ1n) is 36.8. The van der Waals surface area contributed by atoms with Gasteiger partial charge >= 0.3 is 0 Å². The first-order valence-corrected chi connectivity index (χ1v) is 36.8. The normalized spacial score (nSPS) is 11.6. The van der Waals surface area contributed by atoms with Crippen molar-refractivity contribution in [1.29, 1.82) is 0 Å². The summed E-state index contributed by atoms with van der Waals surface area (Å²) >= 11 is 0. The Morgan fingerprint density at radius 1 is 0.216 bits per heavy atom. The second-order valence-electron chi connectivity index (χ2n) is 30.8. The third-order valence-electron chi connectivity index (χ3n) is 26.0. The minimum Gasteiger partial charge on any atom is -0.441 e. The summed E-state index contributed by atoms with van der Waals surface area (Å²) in [5, 5.41) is 16.1. The lowest BCUT2D eigenvalue weighted by atomic mass is 9.82. The van der Waals surface area contributed by atoms with Gasteiger partial charge in [-0.3, -0.25) is 4.98 Å². The highest BCUT2D eigenvalue weighted by Gasteiger charge is 2.26. The van der Waals surface area contributed by atoms with Gasteiger partial charge in [0.15, 0.2) is 11.5 Å². The van der Waals surface area contributed by atoms with E-state index in [-0.39, 0.29) is 0 Å². The van der Waals surface area contributed by atoms with Crippen molar-refractivity contribution in [2.75, 3.05) is 0 Å². The lowest BCUT2D eigenvalue weighted by Crippen LogP contribution is -2.04. The molecule has 0 atom stereocenters. The highest BCUT2D eigenvalue weighted by atomic mass is 16.3. The van der Waals surface area contributed by atoms with Gasteiger partial charge in [0.25, 0.3) is 0 Å². The lowest BCUT2D eigenvalue weighted by Gasteiger charge is -2.23. The van der Waals surface area contributed by atoms with Crippen LogP contribution in [0.2, 0.25) is 0 Å². The van der Waals surface area contributed by atoms with Gasteiger partial charge in [-0.05, 0) is 449 Å². The van der Waals surface area contributed by atoms with Crippen molar-refractivity contribution in [3.05, 3.63) is 213 Å². The van der Waals surface area contributed by atoms with E-state index in [2.05, 4.69) is 263 Å². The zero-order valence-corrected chi connectivity index (χ0v) is 69.6. The molecule has 0 bridgehead atoms. The number of nitrogens with zero attached hydrogens (tertiary/aromatic N) is 7.